The summed E-state index contributed by atoms with van der Waals surface area (Å²) >= 11 is 0. The van der Waals surface area contributed by atoms with Crippen LogP contribution in [0.2, 0.25) is 0 Å². The second-order valence-electron chi connectivity index (χ2n) is 9.60. The molecule has 1 N–H and O–H groups in total. The molecule has 0 aliphatic carbocycles. The number of ether oxygens (including phenoxy) is 2. The summed E-state index contributed by atoms with van der Waals surface area (Å²) in [6.07, 6.45) is 3.85. The number of rotatable bonds is 6. The number of urea groups is 1. The Hall–Kier alpha value is -3.07. The first-order chi connectivity index (χ1) is 16.4. The Balaban J connectivity index is 1.23. The second-order valence-corrected chi connectivity index (χ2v) is 9.60. The summed E-state index contributed by atoms with van der Waals surface area (Å²) in [4.78, 5) is 30.3. The van der Waals surface area contributed by atoms with Crippen LogP contribution in [0.25, 0.3) is 0 Å². The van der Waals surface area contributed by atoms with Crippen LogP contribution in [0.4, 0.5) is 4.79 Å². The molecular formula is C25H33N5O4. The summed E-state index contributed by atoms with van der Waals surface area (Å²) in [5.41, 5.74) is 1.57. The number of amides is 3. The molecule has 0 radical (unpaired) electrons. The number of aromatic nitrogens is 2. The number of imide groups is 1. The number of piperidine rings is 1. The van der Waals surface area contributed by atoms with Crippen LogP contribution in [0.5, 0.6) is 11.5 Å². The number of para-hydroxylation sites is 2. The van der Waals surface area contributed by atoms with Gasteiger partial charge in [0.05, 0.1) is 12.7 Å². The third-order valence-corrected chi connectivity index (χ3v) is 7.73. The molecule has 2 unspecified atom stereocenters. The lowest BCUT2D eigenvalue weighted by Crippen LogP contribution is -2.56. The van der Waals surface area contributed by atoms with Gasteiger partial charge >= 0.3 is 6.03 Å². The van der Waals surface area contributed by atoms with Gasteiger partial charge in [-0.15, -0.1) is 0 Å². The number of nitrogens with zero attached hydrogens (tertiary/aromatic N) is 4. The average Bonchev–Trinajstić information content (AvgIpc) is 3.30. The number of nitrogens with one attached hydrogen (secondary N) is 1. The maximum absolute atomic E-state index is 13.6. The Labute approximate surface area is 200 Å². The molecule has 2 saturated heterocycles. The number of carbonyl (C=O) groups is 2. The molecule has 1 aromatic heterocycles. The highest BCUT2D eigenvalue weighted by Crippen LogP contribution is 2.37. The van der Waals surface area contributed by atoms with Gasteiger partial charge in [0.15, 0.2) is 17.6 Å². The zero-order valence-corrected chi connectivity index (χ0v) is 20.1. The number of likely N-dealkylation sites (tertiary alicyclic amines) is 1. The van der Waals surface area contributed by atoms with E-state index in [2.05, 4.69) is 22.2 Å². The third-order valence-electron chi connectivity index (χ3n) is 7.73. The first-order valence-electron chi connectivity index (χ1n) is 12.1. The molecule has 3 aliphatic rings. The number of carbonyl (C=O) groups excluding carboxylic acids is 2. The van der Waals surface area contributed by atoms with E-state index in [0.29, 0.717) is 24.5 Å². The molecular weight excluding hydrogens is 434 g/mol. The van der Waals surface area contributed by atoms with E-state index in [0.717, 1.165) is 32.5 Å². The van der Waals surface area contributed by atoms with Gasteiger partial charge in [-0.2, -0.15) is 5.10 Å². The van der Waals surface area contributed by atoms with Gasteiger partial charge in [0, 0.05) is 24.8 Å². The fourth-order valence-corrected chi connectivity index (χ4v) is 5.50. The van der Waals surface area contributed by atoms with Crippen molar-refractivity contribution in [3.63, 3.8) is 0 Å². The van der Waals surface area contributed by atoms with Gasteiger partial charge < -0.3 is 14.8 Å². The van der Waals surface area contributed by atoms with Crippen LogP contribution in [0.15, 0.2) is 30.5 Å². The fourth-order valence-electron chi connectivity index (χ4n) is 5.50. The molecule has 9 heteroatoms. The predicted molar refractivity (Wildman–Crippen MR) is 126 cm³/mol. The van der Waals surface area contributed by atoms with Crippen LogP contribution in [0, 0.1) is 12.8 Å². The molecule has 0 saturated carbocycles. The Morgan fingerprint density at radius 3 is 2.59 bits per heavy atom. The lowest BCUT2D eigenvalue weighted by Gasteiger charge is -2.40. The van der Waals surface area contributed by atoms with Crippen molar-refractivity contribution in [3.8, 4) is 11.5 Å². The smallest absolute Gasteiger partial charge is 0.325 e. The molecule has 3 amide bonds. The molecule has 182 valence electrons. The molecule has 2 atom stereocenters. The molecule has 5 rings (SSSR count). The number of fused-ring (bicyclic) bond motifs is 1. The van der Waals surface area contributed by atoms with Crippen LogP contribution in [-0.4, -0.2) is 69.4 Å². The summed E-state index contributed by atoms with van der Waals surface area (Å²) in [6.45, 7) is 7.20. The van der Waals surface area contributed by atoms with Crippen molar-refractivity contribution in [2.24, 2.45) is 13.0 Å². The van der Waals surface area contributed by atoms with Crippen molar-refractivity contribution < 1.29 is 19.1 Å². The lowest BCUT2D eigenvalue weighted by atomic mass is 9.75. The summed E-state index contributed by atoms with van der Waals surface area (Å²) in [5.74, 6) is 1.30. The number of hydrogen-bond donors (Lipinski definition) is 1. The zero-order valence-electron chi connectivity index (χ0n) is 20.1. The van der Waals surface area contributed by atoms with Gasteiger partial charge in [-0.3, -0.25) is 19.3 Å². The van der Waals surface area contributed by atoms with Gasteiger partial charge in [0.2, 0.25) is 0 Å². The predicted octanol–water partition coefficient (Wildman–Crippen LogP) is 2.48. The standard InChI is InChI=1S/C25H33N5O4/c1-4-25(19-9-11-29(12-10-19)14-18-13-26-28(3)17(18)2)23(31)30(24(32)27-25)15-20-16-33-21-7-5-6-8-22(21)34-20/h5-8,13,19-20H,4,9-12,14-16H2,1-3H3,(H,27,32). The van der Waals surface area contributed by atoms with E-state index in [4.69, 9.17) is 9.47 Å². The highest BCUT2D eigenvalue weighted by Gasteiger charge is 2.55. The Morgan fingerprint density at radius 1 is 1.18 bits per heavy atom. The molecule has 0 bridgehead atoms. The number of aryl methyl sites for hydroxylation is 1. The summed E-state index contributed by atoms with van der Waals surface area (Å²) in [5, 5.41) is 7.43. The van der Waals surface area contributed by atoms with E-state index in [-0.39, 0.29) is 30.5 Å². The lowest BCUT2D eigenvalue weighted by molar-refractivity contribution is -0.135. The van der Waals surface area contributed by atoms with Gasteiger partial charge in [-0.25, -0.2) is 4.79 Å². The molecule has 4 heterocycles. The first kappa shape index (κ1) is 22.7. The topological polar surface area (TPSA) is 88.9 Å². The molecule has 0 spiro atoms. The molecule has 2 fully saturated rings. The van der Waals surface area contributed by atoms with Crippen molar-refractivity contribution in [1.29, 1.82) is 0 Å². The largest absolute Gasteiger partial charge is 0.486 e. The van der Waals surface area contributed by atoms with Crippen molar-refractivity contribution in [2.75, 3.05) is 26.2 Å². The van der Waals surface area contributed by atoms with Gasteiger partial charge in [-0.1, -0.05) is 19.1 Å². The molecule has 9 nitrogen and oxygen atoms in total. The minimum absolute atomic E-state index is 0.106. The quantitative estimate of drug-likeness (QED) is 0.657. The summed E-state index contributed by atoms with van der Waals surface area (Å²) in [7, 11) is 1.96. The van der Waals surface area contributed by atoms with E-state index in [1.165, 1.54) is 16.2 Å². The number of benzene rings is 1. The van der Waals surface area contributed by atoms with Gasteiger partial charge in [0.1, 0.15) is 12.1 Å². The minimum Gasteiger partial charge on any atom is -0.486 e. The van der Waals surface area contributed by atoms with Crippen LogP contribution in [-0.2, 0) is 18.4 Å². The average molecular weight is 468 g/mol. The zero-order chi connectivity index (χ0) is 23.9. The highest BCUT2D eigenvalue weighted by molar-refractivity contribution is 6.07. The Kier molecular flexibility index (Phi) is 5.97. The molecule has 1 aromatic carbocycles. The minimum atomic E-state index is -0.846. The van der Waals surface area contributed by atoms with Crippen LogP contribution in [0.1, 0.15) is 37.4 Å². The second kappa shape index (κ2) is 8.94. The van der Waals surface area contributed by atoms with Gasteiger partial charge in [-0.05, 0) is 57.3 Å². The van der Waals surface area contributed by atoms with Crippen LogP contribution >= 0.6 is 0 Å². The fraction of sp³-hybridized carbons (Fsp3) is 0.560. The summed E-state index contributed by atoms with van der Waals surface area (Å²) < 4.78 is 13.7. The van der Waals surface area contributed by atoms with E-state index in [1.54, 1.807) is 0 Å². The normalized spacial score (nSPS) is 25.6. The summed E-state index contributed by atoms with van der Waals surface area (Å²) in [6, 6.07) is 7.12. The maximum Gasteiger partial charge on any atom is 0.325 e. The van der Waals surface area contributed by atoms with E-state index >= 15 is 0 Å². The third kappa shape index (κ3) is 3.91. The Bertz CT molecular complexity index is 1080. The van der Waals surface area contributed by atoms with Crippen molar-refractivity contribution >= 4 is 11.9 Å². The molecule has 34 heavy (non-hydrogen) atoms. The SMILES string of the molecule is CCC1(C2CCN(Cc3cnn(C)c3C)CC2)NC(=O)N(CC2COc3ccccc3O2)C1=O. The van der Waals surface area contributed by atoms with E-state index in [9.17, 15) is 9.59 Å². The molecule has 2 aromatic rings. The van der Waals surface area contributed by atoms with Gasteiger partial charge in [0.25, 0.3) is 5.91 Å². The number of hydrogen-bond acceptors (Lipinski definition) is 6. The highest BCUT2D eigenvalue weighted by atomic mass is 16.6. The Morgan fingerprint density at radius 2 is 1.91 bits per heavy atom. The van der Waals surface area contributed by atoms with Crippen molar-refractivity contribution in [1.82, 2.24) is 24.9 Å². The van der Waals surface area contributed by atoms with Crippen LogP contribution in [0.3, 0.4) is 0 Å². The van der Waals surface area contributed by atoms with E-state index in [1.807, 2.05) is 49.1 Å². The van der Waals surface area contributed by atoms with Crippen molar-refractivity contribution in [2.45, 2.75) is 51.3 Å². The first-order valence-corrected chi connectivity index (χ1v) is 12.1. The maximum atomic E-state index is 13.6. The van der Waals surface area contributed by atoms with Crippen LogP contribution < -0.4 is 14.8 Å². The van der Waals surface area contributed by atoms with E-state index < -0.39 is 5.54 Å². The van der Waals surface area contributed by atoms with Crippen molar-refractivity contribution in [3.05, 3.63) is 41.7 Å². The molecule has 3 aliphatic heterocycles. The monoisotopic (exact) mass is 467 g/mol.